The molecule has 2 saturated heterocycles. The van der Waals surface area contributed by atoms with Gasteiger partial charge in [0.25, 0.3) is 0 Å². The van der Waals surface area contributed by atoms with E-state index in [2.05, 4.69) is 23.1 Å². The standard InChI is InChI=1S/C23H30N4O4S/c1-15-5-10-22(28)19(12-15)20-13-21(26-25-20)23(29)24-17-6-8-18(9-7-17)32(30,31)27-11-3-4-16(2)14-27/h5-10,12,16,20-21,25-26,28H,3-4,11,13-14H2,1-2H3,(H,24,29). The van der Waals surface area contributed by atoms with Crippen LogP contribution in [0.3, 0.4) is 0 Å². The van der Waals surface area contributed by atoms with Crippen LogP contribution >= 0.6 is 0 Å². The lowest BCUT2D eigenvalue weighted by Gasteiger charge is -2.30. The summed E-state index contributed by atoms with van der Waals surface area (Å²) in [6.45, 7) is 5.10. The maximum Gasteiger partial charge on any atom is 0.243 e. The van der Waals surface area contributed by atoms with Crippen molar-refractivity contribution >= 4 is 21.6 Å². The fourth-order valence-corrected chi connectivity index (χ4v) is 5.94. The highest BCUT2D eigenvalue weighted by molar-refractivity contribution is 7.89. The molecule has 0 radical (unpaired) electrons. The molecule has 0 aromatic heterocycles. The number of anilines is 1. The van der Waals surface area contributed by atoms with Crippen molar-refractivity contribution in [2.75, 3.05) is 18.4 Å². The third-order valence-electron chi connectivity index (χ3n) is 6.16. The second kappa shape index (κ2) is 9.19. The van der Waals surface area contributed by atoms with Crippen LogP contribution in [0.15, 0.2) is 47.4 Å². The van der Waals surface area contributed by atoms with Gasteiger partial charge in [-0.1, -0.05) is 24.6 Å². The van der Waals surface area contributed by atoms with Gasteiger partial charge in [-0.3, -0.25) is 4.79 Å². The smallest absolute Gasteiger partial charge is 0.243 e. The maximum absolute atomic E-state index is 12.9. The third kappa shape index (κ3) is 4.80. The number of benzene rings is 2. The molecule has 4 rings (SSSR count). The number of phenolic OH excluding ortho intramolecular Hbond substituents is 1. The normalized spacial score (nSPS) is 24.4. The van der Waals surface area contributed by atoms with Crippen molar-refractivity contribution in [3.63, 3.8) is 0 Å². The number of carbonyl (C=O) groups is 1. The van der Waals surface area contributed by atoms with E-state index in [0.29, 0.717) is 31.1 Å². The minimum Gasteiger partial charge on any atom is -0.508 e. The molecule has 2 heterocycles. The van der Waals surface area contributed by atoms with Gasteiger partial charge in [-0.15, -0.1) is 0 Å². The number of nitrogens with one attached hydrogen (secondary N) is 3. The van der Waals surface area contributed by atoms with Gasteiger partial charge in [-0.25, -0.2) is 19.3 Å². The van der Waals surface area contributed by atoms with Gasteiger partial charge in [0.1, 0.15) is 11.8 Å². The molecule has 2 aromatic rings. The largest absolute Gasteiger partial charge is 0.508 e. The summed E-state index contributed by atoms with van der Waals surface area (Å²) in [4.78, 5) is 12.9. The molecule has 2 fully saturated rings. The summed E-state index contributed by atoms with van der Waals surface area (Å²) in [7, 11) is -3.53. The van der Waals surface area contributed by atoms with Crippen LogP contribution in [0, 0.1) is 12.8 Å². The zero-order valence-corrected chi connectivity index (χ0v) is 19.2. The van der Waals surface area contributed by atoms with Crippen molar-refractivity contribution in [2.24, 2.45) is 5.92 Å². The van der Waals surface area contributed by atoms with E-state index < -0.39 is 16.1 Å². The first-order valence-electron chi connectivity index (χ1n) is 11.0. The van der Waals surface area contributed by atoms with Gasteiger partial charge in [0.2, 0.25) is 15.9 Å². The Hall–Kier alpha value is -2.46. The number of amides is 1. The van der Waals surface area contributed by atoms with Crippen LogP contribution < -0.4 is 16.2 Å². The zero-order chi connectivity index (χ0) is 22.9. The summed E-state index contributed by atoms with van der Waals surface area (Å²) in [5.41, 5.74) is 8.36. The summed E-state index contributed by atoms with van der Waals surface area (Å²) >= 11 is 0. The van der Waals surface area contributed by atoms with Crippen LogP contribution in [-0.4, -0.2) is 42.9 Å². The molecule has 2 aliphatic rings. The second-order valence-electron chi connectivity index (χ2n) is 8.82. The van der Waals surface area contributed by atoms with Gasteiger partial charge >= 0.3 is 0 Å². The number of carbonyl (C=O) groups excluding carboxylic acids is 1. The number of nitrogens with zero attached hydrogens (tertiary/aromatic N) is 1. The molecule has 9 heteroatoms. The number of aryl methyl sites for hydroxylation is 1. The van der Waals surface area contributed by atoms with E-state index in [1.165, 1.54) is 12.1 Å². The lowest BCUT2D eigenvalue weighted by molar-refractivity contribution is -0.117. The fraction of sp³-hybridized carbons (Fsp3) is 0.435. The van der Waals surface area contributed by atoms with Crippen molar-refractivity contribution in [3.05, 3.63) is 53.6 Å². The first-order chi connectivity index (χ1) is 15.2. The van der Waals surface area contributed by atoms with E-state index in [4.69, 9.17) is 0 Å². The van der Waals surface area contributed by atoms with Crippen LogP contribution in [0.4, 0.5) is 5.69 Å². The Balaban J connectivity index is 1.38. The zero-order valence-electron chi connectivity index (χ0n) is 18.3. The third-order valence-corrected chi connectivity index (χ3v) is 8.04. The van der Waals surface area contributed by atoms with Gasteiger partial charge < -0.3 is 10.4 Å². The molecule has 1 amide bonds. The SMILES string of the molecule is Cc1ccc(O)c(C2CC(C(=O)Nc3ccc(S(=O)(=O)N4CCCC(C)C4)cc3)NN2)c1. The Bertz CT molecular complexity index is 1090. The second-order valence-corrected chi connectivity index (χ2v) is 10.8. The van der Waals surface area contributed by atoms with Crippen LogP contribution in [0.5, 0.6) is 5.75 Å². The highest BCUT2D eigenvalue weighted by Gasteiger charge is 2.32. The molecule has 3 unspecified atom stereocenters. The number of hydrogen-bond acceptors (Lipinski definition) is 6. The highest BCUT2D eigenvalue weighted by atomic mass is 32.2. The van der Waals surface area contributed by atoms with Gasteiger partial charge in [-0.05, 0) is 62.4 Å². The Morgan fingerprint density at radius 3 is 2.62 bits per heavy atom. The molecule has 4 N–H and O–H groups in total. The summed E-state index contributed by atoms with van der Waals surface area (Å²) in [5.74, 6) is 0.318. The molecule has 32 heavy (non-hydrogen) atoms. The number of sulfonamides is 1. The quantitative estimate of drug-likeness (QED) is 0.548. The summed E-state index contributed by atoms with van der Waals surface area (Å²) in [6.07, 6.45) is 2.39. The molecular formula is C23H30N4O4S. The summed E-state index contributed by atoms with van der Waals surface area (Å²) < 4.78 is 27.3. The van der Waals surface area contributed by atoms with E-state index in [9.17, 15) is 18.3 Å². The molecule has 8 nitrogen and oxygen atoms in total. The molecular weight excluding hydrogens is 428 g/mol. The number of rotatable bonds is 5. The molecule has 2 aromatic carbocycles. The van der Waals surface area contributed by atoms with Crippen LogP contribution in [0.1, 0.15) is 43.4 Å². The van der Waals surface area contributed by atoms with Crippen LogP contribution in [0.25, 0.3) is 0 Å². The van der Waals surface area contributed by atoms with Crippen molar-refractivity contribution in [1.29, 1.82) is 0 Å². The number of hydrazine groups is 1. The van der Waals surface area contributed by atoms with Gasteiger partial charge in [0.05, 0.1) is 10.9 Å². The average Bonchev–Trinajstić information content (AvgIpc) is 3.26. The van der Waals surface area contributed by atoms with Crippen molar-refractivity contribution in [2.45, 2.75) is 50.1 Å². The average molecular weight is 459 g/mol. The summed E-state index contributed by atoms with van der Waals surface area (Å²) in [6, 6.07) is 11.0. The Labute approximate surface area is 189 Å². The first-order valence-corrected chi connectivity index (χ1v) is 12.4. The van der Waals surface area contributed by atoms with Crippen LogP contribution in [-0.2, 0) is 14.8 Å². The number of hydrogen-bond donors (Lipinski definition) is 4. The van der Waals surface area contributed by atoms with Gasteiger partial charge in [0.15, 0.2) is 0 Å². The maximum atomic E-state index is 12.9. The molecule has 0 aliphatic carbocycles. The monoisotopic (exact) mass is 458 g/mol. The molecule has 2 aliphatic heterocycles. The van der Waals surface area contributed by atoms with E-state index in [-0.39, 0.29) is 22.6 Å². The molecule has 0 spiro atoms. The predicted octanol–water partition coefficient (Wildman–Crippen LogP) is 2.67. The minimum atomic E-state index is -3.53. The minimum absolute atomic E-state index is 0.190. The topological polar surface area (TPSA) is 111 Å². The number of piperidine rings is 1. The Morgan fingerprint density at radius 1 is 1.16 bits per heavy atom. The van der Waals surface area contributed by atoms with Crippen molar-refractivity contribution < 1.29 is 18.3 Å². The lowest BCUT2D eigenvalue weighted by Crippen LogP contribution is -2.39. The molecule has 3 atom stereocenters. The van der Waals surface area contributed by atoms with Crippen molar-refractivity contribution in [3.8, 4) is 5.75 Å². The van der Waals surface area contributed by atoms with E-state index >= 15 is 0 Å². The predicted molar refractivity (Wildman–Crippen MR) is 122 cm³/mol. The van der Waals surface area contributed by atoms with Crippen molar-refractivity contribution in [1.82, 2.24) is 15.2 Å². The van der Waals surface area contributed by atoms with E-state index in [1.807, 2.05) is 19.1 Å². The van der Waals surface area contributed by atoms with Crippen LogP contribution in [0.2, 0.25) is 0 Å². The first kappa shape index (κ1) is 22.7. The highest BCUT2D eigenvalue weighted by Crippen LogP contribution is 2.31. The fourth-order valence-electron chi connectivity index (χ4n) is 4.34. The molecule has 0 bridgehead atoms. The summed E-state index contributed by atoms with van der Waals surface area (Å²) in [5, 5.41) is 13.0. The number of aromatic hydroxyl groups is 1. The van der Waals surface area contributed by atoms with E-state index in [0.717, 1.165) is 24.0 Å². The number of phenols is 1. The molecule has 0 saturated carbocycles. The van der Waals surface area contributed by atoms with Gasteiger partial charge in [-0.2, -0.15) is 4.31 Å². The van der Waals surface area contributed by atoms with E-state index in [1.54, 1.807) is 22.5 Å². The molecule has 172 valence electrons. The lowest BCUT2D eigenvalue weighted by atomic mass is 9.99. The Morgan fingerprint density at radius 2 is 1.91 bits per heavy atom. The Kier molecular flexibility index (Phi) is 6.52. The van der Waals surface area contributed by atoms with Gasteiger partial charge in [0, 0.05) is 24.3 Å².